The van der Waals surface area contributed by atoms with E-state index in [2.05, 4.69) is 12.2 Å². The highest BCUT2D eigenvalue weighted by molar-refractivity contribution is 5.78. The van der Waals surface area contributed by atoms with Crippen molar-refractivity contribution in [3.63, 3.8) is 0 Å². The molecule has 18 heavy (non-hydrogen) atoms. The monoisotopic (exact) mass is 254 g/mol. The van der Waals surface area contributed by atoms with Gasteiger partial charge in [0.05, 0.1) is 13.2 Å². The van der Waals surface area contributed by atoms with E-state index < -0.39 is 0 Å². The maximum atomic E-state index is 12.0. The van der Waals surface area contributed by atoms with Crippen LogP contribution in [0.5, 0.6) is 0 Å². The van der Waals surface area contributed by atoms with E-state index in [9.17, 15) is 9.90 Å². The van der Waals surface area contributed by atoms with Gasteiger partial charge in [-0.1, -0.05) is 19.8 Å². The van der Waals surface area contributed by atoms with Crippen molar-refractivity contribution >= 4 is 5.91 Å². The van der Waals surface area contributed by atoms with Crippen molar-refractivity contribution in [2.45, 2.75) is 57.0 Å². The fraction of sp³-hybridized carbons (Fsp3) is 0.929. The van der Waals surface area contributed by atoms with Crippen LogP contribution in [0.2, 0.25) is 0 Å². The quantitative estimate of drug-likeness (QED) is 0.773. The number of carbonyl (C=O) groups is 1. The first-order valence-electron chi connectivity index (χ1n) is 7.18. The van der Waals surface area contributed by atoms with Crippen molar-refractivity contribution in [3.8, 4) is 0 Å². The van der Waals surface area contributed by atoms with Gasteiger partial charge in [0.2, 0.25) is 5.91 Å². The van der Waals surface area contributed by atoms with E-state index in [0.29, 0.717) is 18.5 Å². The lowest BCUT2D eigenvalue weighted by Crippen LogP contribution is -2.54. The number of nitrogens with zero attached hydrogens (tertiary/aromatic N) is 1. The molecule has 0 aromatic carbocycles. The van der Waals surface area contributed by atoms with Gasteiger partial charge in [-0.05, 0) is 31.6 Å². The highest BCUT2D eigenvalue weighted by Gasteiger charge is 2.35. The SMILES string of the molecule is CC1CCCC(CO)(NCC(=O)N(C)C2CC2)C1. The molecule has 2 aliphatic carbocycles. The normalized spacial score (nSPS) is 32.3. The van der Waals surface area contributed by atoms with Crippen LogP contribution in [0.15, 0.2) is 0 Å². The highest BCUT2D eigenvalue weighted by Crippen LogP contribution is 2.32. The molecular weight excluding hydrogens is 228 g/mol. The van der Waals surface area contributed by atoms with Crippen molar-refractivity contribution in [1.82, 2.24) is 10.2 Å². The van der Waals surface area contributed by atoms with Crippen molar-refractivity contribution in [2.75, 3.05) is 20.2 Å². The van der Waals surface area contributed by atoms with Gasteiger partial charge in [-0.3, -0.25) is 4.79 Å². The summed E-state index contributed by atoms with van der Waals surface area (Å²) in [5, 5.41) is 13.0. The minimum atomic E-state index is -0.224. The number of carbonyl (C=O) groups excluding carboxylic acids is 1. The van der Waals surface area contributed by atoms with Gasteiger partial charge in [0.1, 0.15) is 0 Å². The summed E-state index contributed by atoms with van der Waals surface area (Å²) in [5.41, 5.74) is -0.224. The van der Waals surface area contributed by atoms with Gasteiger partial charge < -0.3 is 15.3 Å². The first-order valence-corrected chi connectivity index (χ1v) is 7.18. The zero-order chi connectivity index (χ0) is 13.2. The molecule has 0 aliphatic heterocycles. The highest BCUT2D eigenvalue weighted by atomic mass is 16.3. The molecular formula is C14H26N2O2. The third-order valence-electron chi connectivity index (χ3n) is 4.50. The number of hydrogen-bond acceptors (Lipinski definition) is 3. The predicted octanol–water partition coefficient (Wildman–Crippen LogP) is 1.14. The fourth-order valence-corrected chi connectivity index (χ4v) is 3.07. The van der Waals surface area contributed by atoms with Crippen LogP contribution in [0.4, 0.5) is 0 Å². The first kappa shape index (κ1) is 13.8. The van der Waals surface area contributed by atoms with E-state index in [1.807, 2.05) is 11.9 Å². The van der Waals surface area contributed by atoms with E-state index in [-0.39, 0.29) is 18.1 Å². The molecule has 0 radical (unpaired) electrons. The maximum absolute atomic E-state index is 12.0. The molecule has 1 amide bonds. The Labute approximate surface area is 110 Å². The second-order valence-electron chi connectivity index (χ2n) is 6.23. The number of aliphatic hydroxyl groups excluding tert-OH is 1. The zero-order valence-corrected chi connectivity index (χ0v) is 11.6. The summed E-state index contributed by atoms with van der Waals surface area (Å²) < 4.78 is 0. The van der Waals surface area contributed by atoms with E-state index in [4.69, 9.17) is 0 Å². The standard InChI is InChI=1S/C14H26N2O2/c1-11-4-3-7-14(8-11,10-17)15-9-13(18)16(2)12-5-6-12/h11-12,15,17H,3-10H2,1-2H3. The summed E-state index contributed by atoms with van der Waals surface area (Å²) in [5.74, 6) is 0.790. The molecule has 0 aromatic heterocycles. The Hall–Kier alpha value is -0.610. The summed E-state index contributed by atoms with van der Waals surface area (Å²) in [6, 6.07) is 0.467. The average molecular weight is 254 g/mol. The van der Waals surface area contributed by atoms with Crippen LogP contribution in [-0.4, -0.2) is 47.7 Å². The molecule has 2 N–H and O–H groups in total. The largest absolute Gasteiger partial charge is 0.394 e. The van der Waals surface area contributed by atoms with Gasteiger partial charge in [0.25, 0.3) is 0 Å². The van der Waals surface area contributed by atoms with Crippen LogP contribution in [0.25, 0.3) is 0 Å². The Morgan fingerprint density at radius 3 is 2.72 bits per heavy atom. The van der Waals surface area contributed by atoms with Gasteiger partial charge in [0, 0.05) is 18.6 Å². The van der Waals surface area contributed by atoms with Gasteiger partial charge >= 0.3 is 0 Å². The van der Waals surface area contributed by atoms with Crippen LogP contribution >= 0.6 is 0 Å². The van der Waals surface area contributed by atoms with Gasteiger partial charge in [-0.25, -0.2) is 0 Å². The van der Waals surface area contributed by atoms with E-state index >= 15 is 0 Å². The third kappa shape index (κ3) is 3.23. The Balaban J connectivity index is 1.84. The third-order valence-corrected chi connectivity index (χ3v) is 4.50. The van der Waals surface area contributed by atoms with E-state index in [1.54, 1.807) is 0 Å². The molecule has 2 unspecified atom stereocenters. The summed E-state index contributed by atoms with van der Waals surface area (Å²) in [4.78, 5) is 13.8. The molecule has 4 heteroatoms. The van der Waals surface area contributed by atoms with E-state index in [0.717, 1.165) is 32.1 Å². The number of hydrogen-bond donors (Lipinski definition) is 2. The first-order chi connectivity index (χ1) is 8.56. The zero-order valence-electron chi connectivity index (χ0n) is 11.6. The van der Waals surface area contributed by atoms with Crippen LogP contribution < -0.4 is 5.32 Å². The van der Waals surface area contributed by atoms with Crippen molar-refractivity contribution < 1.29 is 9.90 Å². The molecule has 2 atom stereocenters. The van der Waals surface area contributed by atoms with Crippen LogP contribution in [0.3, 0.4) is 0 Å². The molecule has 2 aliphatic rings. The number of aliphatic hydroxyl groups is 1. The maximum Gasteiger partial charge on any atom is 0.236 e. The van der Waals surface area contributed by atoms with Crippen molar-refractivity contribution in [3.05, 3.63) is 0 Å². The summed E-state index contributed by atoms with van der Waals surface area (Å²) in [6.07, 6.45) is 6.62. The molecule has 0 heterocycles. The minimum Gasteiger partial charge on any atom is -0.394 e. The fourth-order valence-electron chi connectivity index (χ4n) is 3.07. The summed E-state index contributed by atoms with van der Waals surface area (Å²) in [7, 11) is 1.89. The molecule has 2 rings (SSSR count). The number of nitrogens with one attached hydrogen (secondary N) is 1. The van der Waals surface area contributed by atoms with Crippen molar-refractivity contribution in [2.24, 2.45) is 5.92 Å². The number of amides is 1. The Bertz CT molecular complexity index is 304. The van der Waals surface area contributed by atoms with E-state index in [1.165, 1.54) is 6.42 Å². The number of likely N-dealkylation sites (N-methyl/N-ethyl adjacent to an activating group) is 1. The average Bonchev–Trinajstić information content (AvgIpc) is 3.19. The lowest BCUT2D eigenvalue weighted by molar-refractivity contribution is -0.130. The lowest BCUT2D eigenvalue weighted by Gasteiger charge is -2.39. The van der Waals surface area contributed by atoms with Crippen LogP contribution in [0, 0.1) is 5.92 Å². The topological polar surface area (TPSA) is 52.6 Å². The summed E-state index contributed by atoms with van der Waals surface area (Å²) in [6.45, 7) is 2.72. The van der Waals surface area contributed by atoms with Crippen LogP contribution in [-0.2, 0) is 4.79 Å². The van der Waals surface area contributed by atoms with Gasteiger partial charge in [0.15, 0.2) is 0 Å². The van der Waals surface area contributed by atoms with Crippen LogP contribution in [0.1, 0.15) is 45.4 Å². The summed E-state index contributed by atoms with van der Waals surface area (Å²) >= 11 is 0. The molecule has 0 aromatic rings. The van der Waals surface area contributed by atoms with Gasteiger partial charge in [-0.2, -0.15) is 0 Å². The number of rotatable bonds is 5. The Morgan fingerprint density at radius 2 is 2.17 bits per heavy atom. The molecule has 104 valence electrons. The molecule has 4 nitrogen and oxygen atoms in total. The molecule has 2 saturated carbocycles. The molecule has 0 bridgehead atoms. The smallest absolute Gasteiger partial charge is 0.236 e. The predicted molar refractivity (Wildman–Crippen MR) is 71.2 cm³/mol. The molecule has 2 fully saturated rings. The minimum absolute atomic E-state index is 0.137. The Morgan fingerprint density at radius 1 is 1.44 bits per heavy atom. The van der Waals surface area contributed by atoms with Crippen molar-refractivity contribution in [1.29, 1.82) is 0 Å². The molecule has 0 spiro atoms. The molecule has 0 saturated heterocycles. The Kier molecular flexibility index (Phi) is 4.28. The lowest BCUT2D eigenvalue weighted by atomic mass is 9.77. The van der Waals surface area contributed by atoms with Gasteiger partial charge in [-0.15, -0.1) is 0 Å². The second-order valence-corrected chi connectivity index (χ2v) is 6.23. The second kappa shape index (κ2) is 5.57.